The number of hydrogen-bond donors (Lipinski definition) is 3. The summed E-state index contributed by atoms with van der Waals surface area (Å²) in [6, 6.07) is 15.1. The zero-order valence-corrected chi connectivity index (χ0v) is 20.3. The van der Waals surface area contributed by atoms with Crippen LogP contribution in [0.4, 0.5) is 10.5 Å². The van der Waals surface area contributed by atoms with Crippen molar-refractivity contribution in [3.05, 3.63) is 64.1 Å². The minimum absolute atomic E-state index is 0.0179. The monoisotopic (exact) mass is 503 g/mol. The number of anilines is 1. The highest BCUT2D eigenvalue weighted by Crippen LogP contribution is 2.17. The molecular formula is C24H30BrN3O4. The van der Waals surface area contributed by atoms with Crippen molar-refractivity contribution in [2.24, 2.45) is 0 Å². The molecule has 0 aliphatic heterocycles. The van der Waals surface area contributed by atoms with Crippen molar-refractivity contribution >= 4 is 39.5 Å². The van der Waals surface area contributed by atoms with Crippen LogP contribution in [0.1, 0.15) is 44.7 Å². The summed E-state index contributed by atoms with van der Waals surface area (Å²) in [6.07, 6.45) is 0.664. The standard InChI is InChI=1S/C24H30BrN3O4/c1-24(2,3)32-23(31)26-15-14-22(30)28-19-11-8-17(9-12-19)16-27-21(29)13-10-18-6-4-5-7-20(18)25/h4-9,11-12H,10,13-16H2,1-3H3,(H,26,31)(H,27,29)(H,28,30). The van der Waals surface area contributed by atoms with Gasteiger partial charge in [0.2, 0.25) is 11.8 Å². The van der Waals surface area contributed by atoms with E-state index in [0.717, 1.165) is 15.6 Å². The van der Waals surface area contributed by atoms with Gasteiger partial charge >= 0.3 is 6.09 Å². The molecule has 0 atom stereocenters. The third-order valence-electron chi connectivity index (χ3n) is 4.33. The number of ether oxygens (including phenoxy) is 1. The van der Waals surface area contributed by atoms with Crippen molar-refractivity contribution in [3.8, 4) is 0 Å². The summed E-state index contributed by atoms with van der Waals surface area (Å²) in [4.78, 5) is 35.7. The van der Waals surface area contributed by atoms with E-state index in [-0.39, 0.29) is 24.8 Å². The lowest BCUT2D eigenvalue weighted by Gasteiger charge is -2.19. The summed E-state index contributed by atoms with van der Waals surface area (Å²) in [5.74, 6) is -0.232. The fourth-order valence-electron chi connectivity index (χ4n) is 2.76. The first-order valence-electron chi connectivity index (χ1n) is 10.5. The smallest absolute Gasteiger partial charge is 0.407 e. The first-order chi connectivity index (χ1) is 15.1. The highest BCUT2D eigenvalue weighted by Gasteiger charge is 2.15. The topological polar surface area (TPSA) is 96.5 Å². The number of carbonyl (C=O) groups excluding carboxylic acids is 3. The summed E-state index contributed by atoms with van der Waals surface area (Å²) in [7, 11) is 0. The number of carbonyl (C=O) groups is 3. The Kier molecular flexibility index (Phi) is 9.71. The predicted octanol–water partition coefficient (Wildman–Crippen LogP) is 4.55. The van der Waals surface area contributed by atoms with Crippen LogP contribution in [0.15, 0.2) is 53.0 Å². The van der Waals surface area contributed by atoms with Gasteiger partial charge in [0.05, 0.1) is 0 Å². The summed E-state index contributed by atoms with van der Waals surface area (Å²) in [6.45, 7) is 5.93. The van der Waals surface area contributed by atoms with Crippen LogP contribution in [0.2, 0.25) is 0 Å². The van der Waals surface area contributed by atoms with Crippen molar-refractivity contribution in [1.82, 2.24) is 10.6 Å². The normalized spacial score (nSPS) is 10.9. The van der Waals surface area contributed by atoms with Crippen LogP contribution in [0.25, 0.3) is 0 Å². The Labute approximate surface area is 197 Å². The van der Waals surface area contributed by atoms with E-state index in [0.29, 0.717) is 25.1 Å². The van der Waals surface area contributed by atoms with Crippen LogP contribution in [-0.2, 0) is 27.3 Å². The molecular weight excluding hydrogens is 474 g/mol. The molecule has 7 nitrogen and oxygen atoms in total. The first kappa shape index (κ1) is 25.4. The molecule has 3 amide bonds. The molecule has 2 rings (SSSR count). The Bertz CT molecular complexity index is 924. The van der Waals surface area contributed by atoms with Gasteiger partial charge in [-0.15, -0.1) is 0 Å². The number of rotatable bonds is 9. The van der Waals surface area contributed by atoms with Gasteiger partial charge in [-0.1, -0.05) is 46.3 Å². The highest BCUT2D eigenvalue weighted by atomic mass is 79.9. The number of nitrogens with one attached hydrogen (secondary N) is 3. The molecule has 0 saturated carbocycles. The fraction of sp³-hybridized carbons (Fsp3) is 0.375. The van der Waals surface area contributed by atoms with E-state index in [4.69, 9.17) is 4.74 Å². The molecule has 3 N–H and O–H groups in total. The average Bonchev–Trinajstić information content (AvgIpc) is 2.71. The summed E-state index contributed by atoms with van der Waals surface area (Å²) in [5, 5.41) is 8.24. The van der Waals surface area contributed by atoms with Crippen LogP contribution in [0, 0.1) is 0 Å². The molecule has 8 heteroatoms. The van der Waals surface area contributed by atoms with Gasteiger partial charge in [-0.2, -0.15) is 0 Å². The number of amides is 3. The third-order valence-corrected chi connectivity index (χ3v) is 5.10. The number of alkyl carbamates (subject to hydrolysis) is 1. The van der Waals surface area contributed by atoms with Crippen molar-refractivity contribution < 1.29 is 19.1 Å². The number of aryl methyl sites for hydroxylation is 1. The van der Waals surface area contributed by atoms with Crippen LogP contribution >= 0.6 is 15.9 Å². The van der Waals surface area contributed by atoms with Crippen molar-refractivity contribution in [2.45, 2.75) is 52.2 Å². The van der Waals surface area contributed by atoms with Crippen molar-refractivity contribution in [3.63, 3.8) is 0 Å². The second-order valence-electron chi connectivity index (χ2n) is 8.29. The first-order valence-corrected chi connectivity index (χ1v) is 11.3. The van der Waals surface area contributed by atoms with Crippen molar-refractivity contribution in [2.75, 3.05) is 11.9 Å². The molecule has 0 aliphatic rings. The van der Waals surface area contributed by atoms with E-state index in [1.54, 1.807) is 32.9 Å². The SMILES string of the molecule is CC(C)(C)OC(=O)NCCC(=O)Nc1ccc(CNC(=O)CCc2ccccc2Br)cc1. The average molecular weight is 504 g/mol. The molecule has 0 saturated heterocycles. The van der Waals surface area contributed by atoms with E-state index >= 15 is 0 Å². The lowest BCUT2D eigenvalue weighted by molar-refractivity contribution is -0.121. The highest BCUT2D eigenvalue weighted by molar-refractivity contribution is 9.10. The quantitative estimate of drug-likeness (QED) is 0.467. The largest absolute Gasteiger partial charge is 0.444 e. The molecule has 0 aromatic heterocycles. The number of halogens is 1. The third kappa shape index (κ3) is 9.96. The molecule has 0 spiro atoms. The van der Waals surface area contributed by atoms with Crippen LogP contribution in [0.3, 0.4) is 0 Å². The van der Waals surface area contributed by atoms with E-state index in [2.05, 4.69) is 31.9 Å². The second kappa shape index (κ2) is 12.2. The van der Waals surface area contributed by atoms with Gasteiger partial charge in [0, 0.05) is 36.1 Å². The summed E-state index contributed by atoms with van der Waals surface area (Å²) >= 11 is 3.49. The van der Waals surface area contributed by atoms with Crippen molar-refractivity contribution in [1.29, 1.82) is 0 Å². The Balaban J connectivity index is 1.68. The Morgan fingerprint density at radius 3 is 2.25 bits per heavy atom. The Morgan fingerprint density at radius 2 is 1.59 bits per heavy atom. The lowest BCUT2D eigenvalue weighted by Crippen LogP contribution is -2.34. The van der Waals surface area contributed by atoms with Gasteiger partial charge in [-0.25, -0.2) is 4.79 Å². The molecule has 0 fully saturated rings. The van der Waals surface area contributed by atoms with E-state index < -0.39 is 11.7 Å². The van der Waals surface area contributed by atoms with Gasteiger partial charge in [0.25, 0.3) is 0 Å². The maximum atomic E-state index is 12.1. The molecule has 0 bridgehead atoms. The predicted molar refractivity (Wildman–Crippen MR) is 128 cm³/mol. The number of benzene rings is 2. The summed E-state index contributed by atoms with van der Waals surface area (Å²) < 4.78 is 6.13. The lowest BCUT2D eigenvalue weighted by atomic mass is 10.1. The maximum absolute atomic E-state index is 12.1. The zero-order chi connectivity index (χ0) is 23.6. The van der Waals surface area contributed by atoms with E-state index in [1.807, 2.05) is 36.4 Å². The van der Waals surface area contributed by atoms with Gasteiger partial charge in [0.15, 0.2) is 0 Å². The van der Waals surface area contributed by atoms with E-state index in [1.165, 1.54) is 0 Å². The van der Waals surface area contributed by atoms with Crippen LogP contribution in [-0.4, -0.2) is 30.1 Å². The minimum atomic E-state index is -0.577. The summed E-state index contributed by atoms with van der Waals surface area (Å²) in [5.41, 5.74) is 2.11. The maximum Gasteiger partial charge on any atom is 0.407 e. The molecule has 2 aromatic rings. The van der Waals surface area contributed by atoms with Crippen LogP contribution < -0.4 is 16.0 Å². The molecule has 0 unspecified atom stereocenters. The molecule has 0 aliphatic carbocycles. The van der Waals surface area contributed by atoms with Gasteiger partial charge in [-0.3, -0.25) is 9.59 Å². The zero-order valence-electron chi connectivity index (χ0n) is 18.7. The Hall–Kier alpha value is -2.87. The van der Waals surface area contributed by atoms with E-state index in [9.17, 15) is 14.4 Å². The number of hydrogen-bond acceptors (Lipinski definition) is 4. The fourth-order valence-corrected chi connectivity index (χ4v) is 3.24. The Morgan fingerprint density at radius 1 is 0.906 bits per heavy atom. The molecule has 0 heterocycles. The van der Waals surface area contributed by atoms with Crippen LogP contribution in [0.5, 0.6) is 0 Å². The molecule has 172 valence electrons. The molecule has 2 aromatic carbocycles. The van der Waals surface area contributed by atoms with Gasteiger partial charge in [0.1, 0.15) is 5.60 Å². The molecule has 0 radical (unpaired) electrons. The minimum Gasteiger partial charge on any atom is -0.444 e. The van der Waals surface area contributed by atoms with Gasteiger partial charge in [-0.05, 0) is 56.5 Å². The molecule has 32 heavy (non-hydrogen) atoms. The van der Waals surface area contributed by atoms with Gasteiger partial charge < -0.3 is 20.7 Å². The second-order valence-corrected chi connectivity index (χ2v) is 9.15.